The largest absolute Gasteiger partial charge is 0.496 e. The van der Waals surface area contributed by atoms with Gasteiger partial charge in [-0.25, -0.2) is 0 Å². The number of aromatic nitrogens is 1. The molecule has 0 aliphatic heterocycles. The molecule has 21 heavy (non-hydrogen) atoms. The summed E-state index contributed by atoms with van der Waals surface area (Å²) in [6.45, 7) is 0. The van der Waals surface area contributed by atoms with Gasteiger partial charge >= 0.3 is 0 Å². The molecule has 0 bridgehead atoms. The van der Waals surface area contributed by atoms with Crippen molar-refractivity contribution in [2.45, 2.75) is 0 Å². The second-order valence-electron chi connectivity index (χ2n) is 4.52. The molecule has 0 saturated heterocycles. The topological polar surface area (TPSA) is 45.9 Å². The van der Waals surface area contributed by atoms with Crippen LogP contribution in [0.15, 0.2) is 48.7 Å². The standard InChI is InChI=1S/C17H11ClN2O/c1-21-16-9-12(18)5-6-14(16)13-7-8-20-17-11(10-19)3-2-4-15(13)17/h2-9H,1H3. The molecule has 0 radical (unpaired) electrons. The lowest BCUT2D eigenvalue weighted by Crippen LogP contribution is -1.91. The van der Waals surface area contributed by atoms with Gasteiger partial charge in [0.2, 0.25) is 0 Å². The summed E-state index contributed by atoms with van der Waals surface area (Å²) in [6, 6.07) is 15.2. The predicted octanol–water partition coefficient (Wildman–Crippen LogP) is 4.44. The Balaban J connectivity index is 2.34. The van der Waals surface area contributed by atoms with E-state index in [2.05, 4.69) is 11.1 Å². The van der Waals surface area contributed by atoms with Gasteiger partial charge in [0.1, 0.15) is 11.8 Å². The first-order chi connectivity index (χ1) is 10.2. The molecular weight excluding hydrogens is 284 g/mol. The smallest absolute Gasteiger partial charge is 0.128 e. The third kappa shape index (κ3) is 2.31. The van der Waals surface area contributed by atoms with Crippen LogP contribution < -0.4 is 4.74 Å². The first-order valence-electron chi connectivity index (χ1n) is 6.36. The van der Waals surface area contributed by atoms with Crippen molar-refractivity contribution < 1.29 is 4.74 Å². The van der Waals surface area contributed by atoms with Crippen molar-refractivity contribution in [3.05, 3.63) is 59.2 Å². The van der Waals surface area contributed by atoms with Gasteiger partial charge in [0, 0.05) is 22.2 Å². The number of hydrogen-bond donors (Lipinski definition) is 0. The zero-order valence-corrected chi connectivity index (χ0v) is 12.1. The summed E-state index contributed by atoms with van der Waals surface area (Å²) in [5, 5.41) is 10.7. The van der Waals surface area contributed by atoms with Crippen LogP contribution in [0, 0.1) is 11.3 Å². The molecule has 0 saturated carbocycles. The lowest BCUT2D eigenvalue weighted by molar-refractivity contribution is 0.416. The fourth-order valence-electron chi connectivity index (χ4n) is 2.39. The van der Waals surface area contributed by atoms with E-state index in [1.807, 2.05) is 30.3 Å². The summed E-state index contributed by atoms with van der Waals surface area (Å²) in [5.74, 6) is 0.692. The first-order valence-corrected chi connectivity index (χ1v) is 6.74. The van der Waals surface area contributed by atoms with Gasteiger partial charge in [-0.05, 0) is 35.9 Å². The zero-order chi connectivity index (χ0) is 14.8. The van der Waals surface area contributed by atoms with Crippen LogP contribution in [0.3, 0.4) is 0 Å². The highest BCUT2D eigenvalue weighted by Crippen LogP contribution is 2.36. The third-order valence-corrected chi connectivity index (χ3v) is 3.58. The van der Waals surface area contributed by atoms with E-state index in [0.29, 0.717) is 21.9 Å². The van der Waals surface area contributed by atoms with E-state index >= 15 is 0 Å². The number of hydrogen-bond acceptors (Lipinski definition) is 3. The minimum Gasteiger partial charge on any atom is -0.496 e. The van der Waals surface area contributed by atoms with Gasteiger partial charge in [-0.1, -0.05) is 23.7 Å². The van der Waals surface area contributed by atoms with Crippen molar-refractivity contribution in [3.63, 3.8) is 0 Å². The Labute approximate surface area is 127 Å². The maximum atomic E-state index is 9.20. The monoisotopic (exact) mass is 294 g/mol. The van der Waals surface area contributed by atoms with Crippen LogP contribution in [0.4, 0.5) is 0 Å². The Kier molecular flexibility index (Phi) is 3.47. The molecule has 0 N–H and O–H groups in total. The molecule has 0 aliphatic carbocycles. The fourth-order valence-corrected chi connectivity index (χ4v) is 2.55. The number of benzene rings is 2. The Bertz CT molecular complexity index is 868. The van der Waals surface area contributed by atoms with Crippen molar-refractivity contribution >= 4 is 22.5 Å². The maximum Gasteiger partial charge on any atom is 0.128 e. The Morgan fingerprint density at radius 1 is 1.14 bits per heavy atom. The van der Waals surface area contributed by atoms with E-state index in [1.54, 1.807) is 25.4 Å². The zero-order valence-electron chi connectivity index (χ0n) is 11.3. The number of fused-ring (bicyclic) bond motifs is 1. The fraction of sp³-hybridized carbons (Fsp3) is 0.0588. The molecule has 3 rings (SSSR count). The lowest BCUT2D eigenvalue weighted by Gasteiger charge is -2.11. The maximum absolute atomic E-state index is 9.20. The molecule has 0 amide bonds. The van der Waals surface area contributed by atoms with Crippen LogP contribution in [-0.2, 0) is 0 Å². The summed E-state index contributed by atoms with van der Waals surface area (Å²) >= 11 is 6.01. The SMILES string of the molecule is COc1cc(Cl)ccc1-c1ccnc2c(C#N)cccc12. The van der Waals surface area contributed by atoms with Gasteiger partial charge in [0.25, 0.3) is 0 Å². The Morgan fingerprint density at radius 3 is 2.76 bits per heavy atom. The molecule has 1 heterocycles. The minimum atomic E-state index is 0.558. The molecule has 0 atom stereocenters. The average molecular weight is 295 g/mol. The molecule has 4 heteroatoms. The number of nitrogens with zero attached hydrogens (tertiary/aromatic N) is 2. The molecule has 0 fully saturated rings. The summed E-state index contributed by atoms with van der Waals surface area (Å²) in [6.07, 6.45) is 1.70. The van der Waals surface area contributed by atoms with Crippen molar-refractivity contribution in [2.24, 2.45) is 0 Å². The molecular formula is C17H11ClN2O. The minimum absolute atomic E-state index is 0.558. The molecule has 1 aromatic heterocycles. The molecule has 0 unspecified atom stereocenters. The Hall–Kier alpha value is -2.57. The van der Waals surface area contributed by atoms with Gasteiger partial charge in [-0.15, -0.1) is 0 Å². The van der Waals surface area contributed by atoms with Crippen molar-refractivity contribution in [1.82, 2.24) is 4.98 Å². The first kappa shape index (κ1) is 13.4. The molecule has 102 valence electrons. The second-order valence-corrected chi connectivity index (χ2v) is 4.95. The average Bonchev–Trinajstić information content (AvgIpc) is 2.53. The van der Waals surface area contributed by atoms with E-state index in [1.165, 1.54) is 0 Å². The van der Waals surface area contributed by atoms with Crippen LogP contribution in [0.5, 0.6) is 5.75 Å². The van der Waals surface area contributed by atoms with Crippen LogP contribution >= 0.6 is 11.6 Å². The highest BCUT2D eigenvalue weighted by Gasteiger charge is 2.12. The van der Waals surface area contributed by atoms with Crippen LogP contribution in [0.1, 0.15) is 5.56 Å². The third-order valence-electron chi connectivity index (χ3n) is 3.35. The number of para-hydroxylation sites is 1. The van der Waals surface area contributed by atoms with Crippen molar-refractivity contribution in [1.29, 1.82) is 5.26 Å². The van der Waals surface area contributed by atoms with Gasteiger partial charge in [-0.3, -0.25) is 4.98 Å². The summed E-state index contributed by atoms with van der Waals surface area (Å²) in [4.78, 5) is 4.32. The normalized spacial score (nSPS) is 10.3. The summed E-state index contributed by atoms with van der Waals surface area (Å²) in [5.41, 5.74) is 3.13. The van der Waals surface area contributed by atoms with Crippen LogP contribution in [0.2, 0.25) is 5.02 Å². The molecule has 3 nitrogen and oxygen atoms in total. The van der Waals surface area contributed by atoms with Crippen molar-refractivity contribution in [2.75, 3.05) is 7.11 Å². The second kappa shape index (κ2) is 5.43. The molecule has 0 spiro atoms. The highest BCUT2D eigenvalue weighted by molar-refractivity contribution is 6.30. The van der Waals surface area contributed by atoms with Gasteiger partial charge in [-0.2, -0.15) is 5.26 Å². The predicted molar refractivity (Wildman–Crippen MR) is 83.5 cm³/mol. The number of rotatable bonds is 2. The Morgan fingerprint density at radius 2 is 2.00 bits per heavy atom. The van der Waals surface area contributed by atoms with E-state index in [0.717, 1.165) is 16.5 Å². The molecule has 3 aromatic rings. The lowest BCUT2D eigenvalue weighted by atomic mass is 9.99. The number of pyridine rings is 1. The van der Waals surface area contributed by atoms with E-state index in [-0.39, 0.29) is 0 Å². The molecule has 0 aliphatic rings. The van der Waals surface area contributed by atoms with Crippen LogP contribution in [0.25, 0.3) is 22.0 Å². The van der Waals surface area contributed by atoms with E-state index < -0.39 is 0 Å². The van der Waals surface area contributed by atoms with Gasteiger partial charge in [0.15, 0.2) is 0 Å². The van der Waals surface area contributed by atoms with E-state index in [9.17, 15) is 5.26 Å². The van der Waals surface area contributed by atoms with Crippen molar-refractivity contribution in [3.8, 4) is 22.9 Å². The quantitative estimate of drug-likeness (QED) is 0.702. The summed E-state index contributed by atoms with van der Waals surface area (Å²) < 4.78 is 5.42. The molecule has 2 aromatic carbocycles. The number of methoxy groups -OCH3 is 1. The van der Waals surface area contributed by atoms with E-state index in [4.69, 9.17) is 16.3 Å². The number of nitriles is 1. The summed E-state index contributed by atoms with van der Waals surface area (Å²) in [7, 11) is 1.61. The van der Waals surface area contributed by atoms with Gasteiger partial charge in [0.05, 0.1) is 18.2 Å². The highest BCUT2D eigenvalue weighted by atomic mass is 35.5. The number of ether oxygens (including phenoxy) is 1. The number of halogens is 1. The van der Waals surface area contributed by atoms with Crippen LogP contribution in [-0.4, -0.2) is 12.1 Å². The van der Waals surface area contributed by atoms with Gasteiger partial charge < -0.3 is 4.74 Å².